The molecule has 0 bridgehead atoms. The monoisotopic (exact) mass is 297 g/mol. The van der Waals surface area contributed by atoms with Crippen molar-refractivity contribution in [2.45, 2.75) is 19.8 Å². The molecule has 6 heteroatoms. The van der Waals surface area contributed by atoms with E-state index >= 15 is 0 Å². The van der Waals surface area contributed by atoms with Crippen LogP contribution in [0.3, 0.4) is 0 Å². The lowest BCUT2D eigenvalue weighted by atomic mass is 9.97. The standard InChI is InChI=1S/C15H27N3O3/c1-3-21-15(20)13-4-6-17(7-5-13)12-14(19)18-10-8-16(2)9-11-18/h13H,3-12H2,1-2H3. The number of nitrogens with zero attached hydrogens (tertiary/aromatic N) is 3. The number of amides is 1. The van der Waals surface area contributed by atoms with Crippen LogP contribution in [-0.4, -0.2) is 86.0 Å². The molecule has 2 fully saturated rings. The number of ether oxygens (including phenoxy) is 1. The zero-order valence-corrected chi connectivity index (χ0v) is 13.2. The van der Waals surface area contributed by atoms with Gasteiger partial charge in [0.25, 0.3) is 0 Å². The first kappa shape index (κ1) is 16.2. The number of piperazine rings is 1. The van der Waals surface area contributed by atoms with Gasteiger partial charge in [-0.15, -0.1) is 0 Å². The molecule has 2 rings (SSSR count). The van der Waals surface area contributed by atoms with Crippen molar-refractivity contribution in [3.63, 3.8) is 0 Å². The van der Waals surface area contributed by atoms with Crippen LogP contribution in [0.1, 0.15) is 19.8 Å². The summed E-state index contributed by atoms with van der Waals surface area (Å²) in [6.45, 7) is 7.95. The lowest BCUT2D eigenvalue weighted by molar-refractivity contribution is -0.149. The molecule has 0 aromatic rings. The fourth-order valence-corrected chi connectivity index (χ4v) is 2.93. The Morgan fingerprint density at radius 3 is 2.24 bits per heavy atom. The lowest BCUT2D eigenvalue weighted by Gasteiger charge is -2.35. The summed E-state index contributed by atoms with van der Waals surface area (Å²) in [4.78, 5) is 30.3. The Bertz CT molecular complexity index is 359. The fraction of sp³-hybridized carbons (Fsp3) is 0.867. The summed E-state index contributed by atoms with van der Waals surface area (Å²) >= 11 is 0. The summed E-state index contributed by atoms with van der Waals surface area (Å²) < 4.78 is 5.07. The van der Waals surface area contributed by atoms with E-state index in [4.69, 9.17) is 4.74 Å². The predicted octanol–water partition coefficient (Wildman–Crippen LogP) is 0.0355. The summed E-state index contributed by atoms with van der Waals surface area (Å²) in [7, 11) is 2.09. The molecular weight excluding hydrogens is 270 g/mol. The van der Waals surface area contributed by atoms with Gasteiger partial charge >= 0.3 is 5.97 Å². The first-order valence-electron chi connectivity index (χ1n) is 7.95. The normalized spacial score (nSPS) is 22.3. The zero-order chi connectivity index (χ0) is 15.2. The Kier molecular flexibility index (Phi) is 5.99. The van der Waals surface area contributed by atoms with Crippen molar-refractivity contribution in [2.24, 2.45) is 5.92 Å². The van der Waals surface area contributed by atoms with Crippen molar-refractivity contribution in [2.75, 3.05) is 59.5 Å². The molecule has 2 heterocycles. The second-order valence-corrected chi connectivity index (χ2v) is 5.99. The minimum atomic E-state index is -0.0810. The highest BCUT2D eigenvalue weighted by atomic mass is 16.5. The van der Waals surface area contributed by atoms with Crippen molar-refractivity contribution in [1.29, 1.82) is 0 Å². The average Bonchev–Trinajstić information content (AvgIpc) is 2.49. The van der Waals surface area contributed by atoms with Crippen molar-refractivity contribution in [3.05, 3.63) is 0 Å². The Morgan fingerprint density at radius 1 is 1.05 bits per heavy atom. The molecule has 0 saturated carbocycles. The van der Waals surface area contributed by atoms with Crippen LogP contribution in [0.2, 0.25) is 0 Å². The molecule has 2 aliphatic rings. The molecular formula is C15H27N3O3. The number of likely N-dealkylation sites (tertiary alicyclic amines) is 1. The van der Waals surface area contributed by atoms with Gasteiger partial charge in [-0.25, -0.2) is 0 Å². The van der Waals surface area contributed by atoms with Gasteiger partial charge in [-0.05, 0) is 39.9 Å². The molecule has 0 radical (unpaired) electrons. The number of carbonyl (C=O) groups is 2. The van der Waals surface area contributed by atoms with Crippen LogP contribution in [0, 0.1) is 5.92 Å². The minimum absolute atomic E-state index is 0.0138. The van der Waals surface area contributed by atoms with Crippen LogP contribution < -0.4 is 0 Å². The van der Waals surface area contributed by atoms with E-state index in [-0.39, 0.29) is 17.8 Å². The Hall–Kier alpha value is -1.14. The number of carbonyl (C=O) groups excluding carboxylic acids is 2. The molecule has 0 aromatic carbocycles. The summed E-state index contributed by atoms with van der Waals surface area (Å²) in [5, 5.41) is 0. The quantitative estimate of drug-likeness (QED) is 0.686. The molecule has 1 amide bonds. The molecule has 0 unspecified atom stereocenters. The molecule has 0 aliphatic carbocycles. The number of piperidine rings is 1. The maximum Gasteiger partial charge on any atom is 0.309 e. The Balaban J connectivity index is 1.70. The number of hydrogen-bond acceptors (Lipinski definition) is 5. The zero-order valence-electron chi connectivity index (χ0n) is 13.2. The van der Waals surface area contributed by atoms with E-state index < -0.39 is 0 Å². The summed E-state index contributed by atoms with van der Waals surface area (Å²) in [6, 6.07) is 0. The van der Waals surface area contributed by atoms with Gasteiger partial charge in [-0.3, -0.25) is 14.5 Å². The third-order valence-corrected chi connectivity index (χ3v) is 4.42. The Labute approximate surface area is 127 Å². The van der Waals surface area contributed by atoms with Crippen LogP contribution in [0.5, 0.6) is 0 Å². The summed E-state index contributed by atoms with van der Waals surface area (Å²) in [6.07, 6.45) is 1.60. The fourth-order valence-electron chi connectivity index (χ4n) is 2.93. The molecule has 2 saturated heterocycles. The molecule has 0 N–H and O–H groups in total. The van der Waals surface area contributed by atoms with E-state index in [1.165, 1.54) is 0 Å². The SMILES string of the molecule is CCOC(=O)C1CCN(CC(=O)N2CCN(C)CC2)CC1. The maximum absolute atomic E-state index is 12.3. The van der Waals surface area contributed by atoms with Gasteiger partial charge in [0.2, 0.25) is 5.91 Å². The third-order valence-electron chi connectivity index (χ3n) is 4.42. The van der Waals surface area contributed by atoms with Crippen molar-refractivity contribution < 1.29 is 14.3 Å². The van der Waals surface area contributed by atoms with Gasteiger partial charge in [0, 0.05) is 26.2 Å². The molecule has 6 nitrogen and oxygen atoms in total. The van der Waals surface area contributed by atoms with E-state index in [1.807, 2.05) is 11.8 Å². The molecule has 21 heavy (non-hydrogen) atoms. The number of likely N-dealkylation sites (N-methyl/N-ethyl adjacent to an activating group) is 1. The second kappa shape index (κ2) is 7.75. The topological polar surface area (TPSA) is 53.1 Å². The van der Waals surface area contributed by atoms with Crippen LogP contribution in [0.25, 0.3) is 0 Å². The van der Waals surface area contributed by atoms with Crippen LogP contribution in [-0.2, 0) is 14.3 Å². The molecule has 0 spiro atoms. The van der Waals surface area contributed by atoms with Gasteiger partial charge in [0.1, 0.15) is 0 Å². The second-order valence-electron chi connectivity index (χ2n) is 5.99. The minimum Gasteiger partial charge on any atom is -0.466 e. The highest BCUT2D eigenvalue weighted by Gasteiger charge is 2.28. The van der Waals surface area contributed by atoms with Gasteiger partial charge in [-0.2, -0.15) is 0 Å². The molecule has 0 aromatic heterocycles. The Morgan fingerprint density at radius 2 is 1.67 bits per heavy atom. The third kappa shape index (κ3) is 4.68. The van der Waals surface area contributed by atoms with Crippen molar-refractivity contribution >= 4 is 11.9 Å². The van der Waals surface area contributed by atoms with E-state index in [9.17, 15) is 9.59 Å². The maximum atomic E-state index is 12.3. The van der Waals surface area contributed by atoms with Gasteiger partial charge in [0.15, 0.2) is 0 Å². The number of esters is 1. The van der Waals surface area contributed by atoms with Gasteiger partial charge < -0.3 is 14.5 Å². The molecule has 0 atom stereocenters. The van der Waals surface area contributed by atoms with E-state index in [2.05, 4.69) is 16.8 Å². The molecule has 120 valence electrons. The smallest absolute Gasteiger partial charge is 0.309 e. The number of hydrogen-bond donors (Lipinski definition) is 0. The molecule has 2 aliphatic heterocycles. The summed E-state index contributed by atoms with van der Waals surface area (Å²) in [5.41, 5.74) is 0. The van der Waals surface area contributed by atoms with Crippen molar-refractivity contribution in [3.8, 4) is 0 Å². The highest BCUT2D eigenvalue weighted by molar-refractivity contribution is 5.78. The largest absolute Gasteiger partial charge is 0.466 e. The van der Waals surface area contributed by atoms with Gasteiger partial charge in [-0.1, -0.05) is 0 Å². The summed E-state index contributed by atoms with van der Waals surface area (Å²) in [5.74, 6) is 0.153. The van der Waals surface area contributed by atoms with E-state index in [1.54, 1.807) is 0 Å². The first-order chi connectivity index (χ1) is 10.1. The highest BCUT2D eigenvalue weighted by Crippen LogP contribution is 2.18. The van der Waals surface area contributed by atoms with Crippen molar-refractivity contribution in [1.82, 2.24) is 14.7 Å². The van der Waals surface area contributed by atoms with E-state index in [0.29, 0.717) is 13.2 Å². The van der Waals surface area contributed by atoms with Crippen LogP contribution >= 0.6 is 0 Å². The van der Waals surface area contributed by atoms with Gasteiger partial charge in [0.05, 0.1) is 19.1 Å². The predicted molar refractivity (Wildman–Crippen MR) is 79.9 cm³/mol. The van der Waals surface area contributed by atoms with Crippen LogP contribution in [0.4, 0.5) is 0 Å². The number of rotatable bonds is 4. The lowest BCUT2D eigenvalue weighted by Crippen LogP contribution is -2.51. The van der Waals surface area contributed by atoms with Crippen LogP contribution in [0.15, 0.2) is 0 Å². The average molecular weight is 297 g/mol. The van der Waals surface area contributed by atoms with E-state index in [0.717, 1.165) is 52.1 Å². The first-order valence-corrected chi connectivity index (χ1v) is 7.95.